The maximum Gasteiger partial charge on any atom is 0.174 e. The topological polar surface area (TPSA) is 33.0 Å². The molecule has 0 bridgehead atoms. The second kappa shape index (κ2) is 16.0. The van der Waals surface area contributed by atoms with Gasteiger partial charge in [-0.1, -0.05) is 89.7 Å². The summed E-state index contributed by atoms with van der Waals surface area (Å²) in [5.74, 6) is 0.233. The highest BCUT2D eigenvalue weighted by atomic mass is 79.9. The lowest BCUT2D eigenvalue weighted by molar-refractivity contribution is -0.697. The third-order valence-corrected chi connectivity index (χ3v) is 6.75. The summed E-state index contributed by atoms with van der Waals surface area (Å²) in [6.07, 6.45) is 22.9. The van der Waals surface area contributed by atoms with Crippen LogP contribution in [0.2, 0.25) is 0 Å². The molecule has 1 aliphatic heterocycles. The Morgan fingerprint density at radius 3 is 2.09 bits per heavy atom. The van der Waals surface area contributed by atoms with Crippen LogP contribution >= 0.6 is 0 Å². The van der Waals surface area contributed by atoms with Crippen LogP contribution in [0, 0.1) is 0 Å². The zero-order chi connectivity index (χ0) is 22.4. The third-order valence-electron chi connectivity index (χ3n) is 6.75. The summed E-state index contributed by atoms with van der Waals surface area (Å²) in [6, 6.07) is 12.2. The van der Waals surface area contributed by atoms with Crippen molar-refractivity contribution >= 4 is 11.5 Å². The van der Waals surface area contributed by atoms with Gasteiger partial charge in [-0.25, -0.2) is 4.57 Å². The monoisotopic (exact) mass is 514 g/mol. The number of nitrogens with zero attached hydrogens (tertiary/aromatic N) is 1. The van der Waals surface area contributed by atoms with Gasteiger partial charge in [0.05, 0.1) is 6.04 Å². The van der Waals surface area contributed by atoms with Crippen molar-refractivity contribution in [2.45, 2.75) is 109 Å². The number of halogens is 1. The number of aryl methyl sites for hydroxylation is 1. The predicted molar refractivity (Wildman–Crippen MR) is 134 cm³/mol. The Bertz CT molecular complexity index is 823. The Morgan fingerprint density at radius 2 is 1.42 bits per heavy atom. The zero-order valence-corrected chi connectivity index (χ0v) is 22.1. The van der Waals surface area contributed by atoms with E-state index in [-0.39, 0.29) is 28.8 Å². The van der Waals surface area contributed by atoms with Gasteiger partial charge in [0.25, 0.3) is 0 Å². The normalized spacial score (nSPS) is 14.9. The highest BCUT2D eigenvalue weighted by Crippen LogP contribution is 2.31. The number of hydrogen-bond acceptors (Lipinski definition) is 2. The van der Waals surface area contributed by atoms with Crippen molar-refractivity contribution in [3.63, 3.8) is 0 Å². The van der Waals surface area contributed by atoms with Gasteiger partial charge in [-0.05, 0) is 24.6 Å². The standard InChI is InChI=1S/C29H42N2O.BrH/c1-2-3-4-5-6-7-8-9-10-11-12-13-16-21-31-22-17-18-25(24-31)28-23-29(32)26-19-14-15-20-27(26)30-28;/h14-15,17-20,22,24,28H,2-13,16,21,23H2,1H3;1H. The van der Waals surface area contributed by atoms with Crippen molar-refractivity contribution < 1.29 is 26.3 Å². The quantitative estimate of drug-likeness (QED) is 0.273. The number of para-hydroxylation sites is 1. The molecule has 1 N–H and O–H groups in total. The molecule has 1 unspecified atom stereocenters. The summed E-state index contributed by atoms with van der Waals surface area (Å²) in [5.41, 5.74) is 2.98. The molecule has 3 nitrogen and oxygen atoms in total. The SMILES string of the molecule is CCCCCCCCCCCCCCC[n+]1cccc(C2CC(=O)c3ccccc3N2)c1.[Br-]. The van der Waals surface area contributed by atoms with E-state index in [4.69, 9.17) is 0 Å². The molecule has 33 heavy (non-hydrogen) atoms. The first-order chi connectivity index (χ1) is 15.8. The first kappa shape index (κ1) is 27.6. The minimum atomic E-state index is 0. The van der Waals surface area contributed by atoms with Crippen LogP contribution < -0.4 is 26.9 Å². The number of anilines is 1. The van der Waals surface area contributed by atoms with Gasteiger partial charge in [-0.3, -0.25) is 4.79 Å². The number of hydrogen-bond donors (Lipinski definition) is 1. The van der Waals surface area contributed by atoms with E-state index in [1.165, 1.54) is 89.0 Å². The minimum Gasteiger partial charge on any atom is -1.00 e. The lowest BCUT2D eigenvalue weighted by atomic mass is 9.93. The molecular formula is C29H43BrN2O. The van der Waals surface area contributed by atoms with Crippen molar-refractivity contribution in [1.82, 2.24) is 0 Å². The zero-order valence-electron chi connectivity index (χ0n) is 20.5. The fourth-order valence-corrected chi connectivity index (χ4v) is 4.79. The van der Waals surface area contributed by atoms with Crippen molar-refractivity contribution in [3.8, 4) is 0 Å². The van der Waals surface area contributed by atoms with Crippen LogP contribution in [0.4, 0.5) is 5.69 Å². The number of unbranched alkanes of at least 4 members (excludes halogenated alkanes) is 12. The van der Waals surface area contributed by atoms with Crippen molar-refractivity contribution in [3.05, 3.63) is 59.9 Å². The molecule has 1 aromatic carbocycles. The molecule has 1 aliphatic rings. The summed E-state index contributed by atoms with van der Waals surface area (Å²) in [7, 11) is 0. The van der Waals surface area contributed by atoms with E-state index in [0.29, 0.717) is 6.42 Å². The van der Waals surface area contributed by atoms with E-state index in [1.54, 1.807) is 0 Å². The molecule has 0 amide bonds. The molecular weight excluding hydrogens is 472 g/mol. The van der Waals surface area contributed by atoms with E-state index in [9.17, 15) is 4.79 Å². The van der Waals surface area contributed by atoms with Gasteiger partial charge in [0.1, 0.15) is 6.54 Å². The number of carbonyl (C=O) groups excluding carboxylic acids is 1. The van der Waals surface area contributed by atoms with E-state index in [1.807, 2.05) is 24.3 Å². The van der Waals surface area contributed by atoms with Crippen molar-refractivity contribution in [2.24, 2.45) is 0 Å². The van der Waals surface area contributed by atoms with Crippen LogP contribution in [0.5, 0.6) is 0 Å². The maximum absolute atomic E-state index is 12.5. The molecule has 2 aromatic rings. The van der Waals surface area contributed by atoms with Gasteiger partial charge >= 0.3 is 0 Å². The molecule has 0 fully saturated rings. The molecule has 0 saturated carbocycles. The maximum atomic E-state index is 12.5. The summed E-state index contributed by atoms with van der Waals surface area (Å²) >= 11 is 0. The van der Waals surface area contributed by atoms with Gasteiger partial charge in [-0.15, -0.1) is 0 Å². The number of benzene rings is 1. The number of aromatic nitrogens is 1. The summed E-state index contributed by atoms with van der Waals surface area (Å²) in [4.78, 5) is 12.5. The van der Waals surface area contributed by atoms with Gasteiger partial charge in [0, 0.05) is 35.7 Å². The Kier molecular flexibility index (Phi) is 13.4. The van der Waals surface area contributed by atoms with Crippen LogP contribution in [0.3, 0.4) is 0 Å². The number of pyridine rings is 1. The van der Waals surface area contributed by atoms with Crippen LogP contribution in [0.25, 0.3) is 0 Å². The van der Waals surface area contributed by atoms with E-state index in [2.05, 4.69) is 41.3 Å². The van der Waals surface area contributed by atoms with Crippen LogP contribution in [0.15, 0.2) is 48.8 Å². The Labute approximate surface area is 212 Å². The van der Waals surface area contributed by atoms with E-state index < -0.39 is 0 Å². The number of nitrogens with one attached hydrogen (secondary N) is 1. The van der Waals surface area contributed by atoms with Crippen LogP contribution in [-0.4, -0.2) is 5.78 Å². The lowest BCUT2D eigenvalue weighted by Crippen LogP contribution is -3.00. The first-order valence-electron chi connectivity index (χ1n) is 13.2. The fraction of sp³-hybridized carbons (Fsp3) is 0.586. The highest BCUT2D eigenvalue weighted by Gasteiger charge is 2.26. The van der Waals surface area contributed by atoms with Crippen LogP contribution in [-0.2, 0) is 6.54 Å². The van der Waals surface area contributed by atoms with E-state index >= 15 is 0 Å². The van der Waals surface area contributed by atoms with Crippen LogP contribution in [0.1, 0.15) is 119 Å². The predicted octanol–water partition coefficient (Wildman–Crippen LogP) is 4.81. The van der Waals surface area contributed by atoms with Crippen molar-refractivity contribution in [2.75, 3.05) is 5.32 Å². The highest BCUT2D eigenvalue weighted by molar-refractivity contribution is 6.03. The Hall–Kier alpha value is -1.68. The summed E-state index contributed by atoms with van der Waals surface area (Å²) in [5, 5.41) is 3.55. The molecule has 0 spiro atoms. The molecule has 0 radical (unpaired) electrons. The second-order valence-electron chi connectivity index (χ2n) is 9.49. The van der Waals surface area contributed by atoms with Gasteiger partial charge in [-0.2, -0.15) is 0 Å². The fourth-order valence-electron chi connectivity index (χ4n) is 4.79. The lowest BCUT2D eigenvalue weighted by Gasteiger charge is -2.25. The van der Waals surface area contributed by atoms with E-state index in [0.717, 1.165) is 17.8 Å². The number of fused-ring (bicyclic) bond motifs is 1. The molecule has 0 saturated heterocycles. The average Bonchev–Trinajstić information content (AvgIpc) is 2.82. The average molecular weight is 516 g/mol. The largest absolute Gasteiger partial charge is 1.00 e. The molecule has 1 aromatic heterocycles. The van der Waals surface area contributed by atoms with Gasteiger partial charge < -0.3 is 22.3 Å². The molecule has 0 aliphatic carbocycles. The molecule has 4 heteroatoms. The number of Topliss-reactive ketones (excluding diaryl/α,β-unsaturated/α-hetero) is 1. The first-order valence-corrected chi connectivity index (χ1v) is 13.2. The molecule has 3 rings (SSSR count). The molecule has 1 atom stereocenters. The summed E-state index contributed by atoms with van der Waals surface area (Å²) < 4.78 is 2.29. The number of ketones is 1. The third kappa shape index (κ3) is 9.60. The number of rotatable bonds is 15. The Balaban J connectivity index is 0.00000385. The summed E-state index contributed by atoms with van der Waals surface area (Å²) in [6.45, 7) is 3.34. The number of carbonyl (C=O) groups is 1. The Morgan fingerprint density at radius 1 is 0.818 bits per heavy atom. The van der Waals surface area contributed by atoms with Gasteiger partial charge in [0.15, 0.2) is 18.2 Å². The van der Waals surface area contributed by atoms with Crippen molar-refractivity contribution in [1.29, 1.82) is 0 Å². The minimum absolute atomic E-state index is 0. The molecule has 182 valence electrons. The van der Waals surface area contributed by atoms with Gasteiger partial charge in [0.2, 0.25) is 0 Å². The second-order valence-corrected chi connectivity index (χ2v) is 9.49. The smallest absolute Gasteiger partial charge is 0.174 e. The molecule has 2 heterocycles.